The number of benzene rings is 4. The number of phosphoric acid groups is 1. The molecule has 0 aromatic heterocycles. The molecule has 0 atom stereocenters. The Labute approximate surface area is 274 Å². The largest absolute Gasteiger partial charge is 0.585 e. The van der Waals surface area contributed by atoms with Crippen molar-refractivity contribution in [3.8, 4) is 34.5 Å². The minimum absolute atomic E-state index is 0.0139. The Morgan fingerprint density at radius 2 is 1.02 bits per heavy atom. The number of aromatic hydroxyl groups is 2. The molecule has 0 aliphatic rings. The van der Waals surface area contributed by atoms with Crippen molar-refractivity contribution in [1.29, 1.82) is 0 Å². The van der Waals surface area contributed by atoms with Crippen LogP contribution in [0, 0.1) is 0 Å². The lowest BCUT2D eigenvalue weighted by atomic mass is 9.96. The normalized spacial score (nSPS) is 11.2. The summed E-state index contributed by atoms with van der Waals surface area (Å²) in [5.74, 6) is -0.140. The molecule has 0 unspecified atom stereocenters. The fraction of sp³-hybridized carbons (Fsp3) is 0.278. The Morgan fingerprint density at radius 1 is 0.638 bits per heavy atom. The highest BCUT2D eigenvalue weighted by atomic mass is 31.2. The van der Waals surface area contributed by atoms with Gasteiger partial charge in [-0.1, -0.05) is 50.2 Å². The summed E-state index contributed by atoms with van der Waals surface area (Å²) in [7, 11) is -1.95. The van der Waals surface area contributed by atoms with Gasteiger partial charge >= 0.3 is 7.82 Å². The van der Waals surface area contributed by atoms with Gasteiger partial charge in [0.2, 0.25) is 0 Å². The number of phenols is 2. The van der Waals surface area contributed by atoms with E-state index in [0.717, 1.165) is 11.1 Å². The summed E-state index contributed by atoms with van der Waals surface area (Å²) in [5, 5.41) is 20.1. The van der Waals surface area contributed by atoms with E-state index < -0.39 is 7.82 Å². The molecule has 0 saturated heterocycles. The highest BCUT2D eigenvalue weighted by Gasteiger charge is 2.31. The van der Waals surface area contributed by atoms with Gasteiger partial charge < -0.3 is 28.7 Å². The van der Waals surface area contributed by atoms with E-state index in [4.69, 9.17) is 18.5 Å². The molecular formula is C36H39O10P. The predicted molar refractivity (Wildman–Crippen MR) is 177 cm³/mol. The second-order valence-corrected chi connectivity index (χ2v) is 12.0. The van der Waals surface area contributed by atoms with Crippen molar-refractivity contribution in [3.05, 3.63) is 106 Å². The molecule has 0 saturated carbocycles. The first-order valence-corrected chi connectivity index (χ1v) is 16.7. The van der Waals surface area contributed by atoms with Gasteiger partial charge in [0.05, 0.1) is 25.3 Å². The lowest BCUT2D eigenvalue weighted by Gasteiger charge is -2.21. The number of aryl methyl sites for hydroxylation is 2. The number of carbonyl (C=O) groups excluding carboxylic acids is 2. The molecule has 0 radical (unpaired) electrons. The number of ether oxygens (including phenoxy) is 2. The van der Waals surface area contributed by atoms with Gasteiger partial charge in [-0.05, 0) is 73.2 Å². The topological polar surface area (TPSA) is 149 Å². The van der Waals surface area contributed by atoms with Gasteiger partial charge in [-0.15, -0.1) is 0 Å². The molecule has 0 heterocycles. The predicted octanol–water partition coefficient (Wildman–Crippen LogP) is 7.43. The third-order valence-electron chi connectivity index (χ3n) is 7.84. The molecule has 3 N–H and O–H groups in total. The van der Waals surface area contributed by atoms with E-state index in [2.05, 4.69) is 0 Å². The minimum atomic E-state index is -4.78. The van der Waals surface area contributed by atoms with Gasteiger partial charge in [-0.2, -0.15) is 0 Å². The maximum absolute atomic E-state index is 13.3. The number of hydrogen-bond acceptors (Lipinski definition) is 9. The number of phosphoric ester groups is 1. The first-order chi connectivity index (χ1) is 22.5. The average Bonchev–Trinajstić information content (AvgIpc) is 3.06. The molecule has 10 nitrogen and oxygen atoms in total. The zero-order valence-corrected chi connectivity index (χ0v) is 27.7. The summed E-state index contributed by atoms with van der Waals surface area (Å²) in [6.45, 7) is 3.78. The summed E-state index contributed by atoms with van der Waals surface area (Å²) in [5.41, 5.74) is 3.46. The van der Waals surface area contributed by atoms with Crippen LogP contribution < -0.4 is 18.5 Å². The SMILES string of the molecule is CCc1c(CCC(=O)c2ccccc2O)ccc(OP(=O)(O)Oc2ccc(CCC(=O)c3ccccc3O)c(CC)c2OC)c1OC. The Morgan fingerprint density at radius 3 is 1.36 bits per heavy atom. The summed E-state index contributed by atoms with van der Waals surface area (Å²) in [4.78, 5) is 36.3. The number of Topliss-reactive ketones (excluding diaryl/α,β-unsaturated/α-hetero) is 2. The zero-order chi connectivity index (χ0) is 34.1. The third kappa shape index (κ3) is 8.33. The number of methoxy groups -OCH3 is 2. The summed E-state index contributed by atoms with van der Waals surface area (Å²) in [6.07, 6.45) is 1.93. The van der Waals surface area contributed by atoms with Gasteiger partial charge in [-0.3, -0.25) is 14.5 Å². The van der Waals surface area contributed by atoms with E-state index in [1.165, 1.54) is 38.5 Å². The van der Waals surface area contributed by atoms with Crippen LogP contribution in [-0.4, -0.2) is 40.9 Å². The molecule has 11 heteroatoms. The van der Waals surface area contributed by atoms with Crippen LogP contribution >= 0.6 is 7.82 Å². The van der Waals surface area contributed by atoms with Crippen molar-refractivity contribution in [1.82, 2.24) is 0 Å². The maximum atomic E-state index is 13.3. The van der Waals surface area contributed by atoms with Crippen LogP contribution in [-0.2, 0) is 30.2 Å². The van der Waals surface area contributed by atoms with Crippen molar-refractivity contribution in [3.63, 3.8) is 0 Å². The van der Waals surface area contributed by atoms with E-state index >= 15 is 0 Å². The van der Waals surface area contributed by atoms with Crippen LogP contribution in [0.2, 0.25) is 0 Å². The Hall–Kier alpha value is -4.79. The highest BCUT2D eigenvalue weighted by molar-refractivity contribution is 7.48. The number of para-hydroxylation sites is 2. The molecule has 0 amide bonds. The Bertz CT molecular complexity index is 1670. The van der Waals surface area contributed by atoms with Gasteiger partial charge in [0.25, 0.3) is 0 Å². The second kappa shape index (κ2) is 15.7. The lowest BCUT2D eigenvalue weighted by Crippen LogP contribution is -2.08. The van der Waals surface area contributed by atoms with Crippen LogP contribution in [0.15, 0.2) is 72.8 Å². The molecule has 47 heavy (non-hydrogen) atoms. The molecule has 4 aromatic rings. The van der Waals surface area contributed by atoms with Gasteiger partial charge in [0.1, 0.15) is 11.5 Å². The number of ketones is 2. The average molecular weight is 663 g/mol. The number of phenolic OH excluding ortho intramolecular Hbond substituents is 2. The summed E-state index contributed by atoms with van der Waals surface area (Å²) < 4.78 is 35.5. The van der Waals surface area contributed by atoms with Crippen LogP contribution in [0.5, 0.6) is 34.5 Å². The third-order valence-corrected chi connectivity index (χ3v) is 8.69. The van der Waals surface area contributed by atoms with Crippen LogP contribution in [0.4, 0.5) is 0 Å². The molecule has 248 valence electrons. The molecule has 4 aromatic carbocycles. The van der Waals surface area contributed by atoms with Crippen LogP contribution in [0.3, 0.4) is 0 Å². The highest BCUT2D eigenvalue weighted by Crippen LogP contribution is 2.51. The van der Waals surface area contributed by atoms with Gasteiger partial charge in [-0.25, -0.2) is 4.57 Å². The first-order valence-electron chi connectivity index (χ1n) is 15.2. The maximum Gasteiger partial charge on any atom is 0.585 e. The molecule has 0 fully saturated rings. The Balaban J connectivity index is 1.52. The van der Waals surface area contributed by atoms with Gasteiger partial charge in [0, 0.05) is 24.0 Å². The summed E-state index contributed by atoms with van der Waals surface area (Å²) in [6, 6.07) is 19.1. The number of rotatable bonds is 16. The quantitative estimate of drug-likeness (QED) is 0.0817. The molecular weight excluding hydrogens is 623 g/mol. The second-order valence-electron chi connectivity index (χ2n) is 10.7. The van der Waals surface area contributed by atoms with Gasteiger partial charge in [0.15, 0.2) is 34.6 Å². The van der Waals surface area contributed by atoms with Crippen molar-refractivity contribution >= 4 is 19.4 Å². The van der Waals surface area contributed by atoms with E-state index in [-0.39, 0.29) is 70.0 Å². The van der Waals surface area contributed by atoms with E-state index in [1.807, 2.05) is 13.8 Å². The Kier molecular flexibility index (Phi) is 11.7. The fourth-order valence-electron chi connectivity index (χ4n) is 5.58. The number of carbonyl (C=O) groups is 2. The van der Waals surface area contributed by atoms with E-state index in [1.54, 1.807) is 48.5 Å². The summed E-state index contributed by atoms with van der Waals surface area (Å²) >= 11 is 0. The smallest absolute Gasteiger partial charge is 0.507 e. The zero-order valence-electron chi connectivity index (χ0n) is 26.8. The monoisotopic (exact) mass is 662 g/mol. The van der Waals surface area contributed by atoms with Crippen molar-refractivity contribution in [2.24, 2.45) is 0 Å². The molecule has 0 bridgehead atoms. The molecule has 4 rings (SSSR count). The molecule has 0 aliphatic carbocycles. The minimum Gasteiger partial charge on any atom is -0.507 e. The van der Waals surface area contributed by atoms with Crippen molar-refractivity contribution in [2.45, 2.75) is 52.4 Å². The van der Waals surface area contributed by atoms with Crippen molar-refractivity contribution in [2.75, 3.05) is 14.2 Å². The number of hydrogen-bond donors (Lipinski definition) is 3. The molecule has 0 spiro atoms. The first kappa shape index (κ1) is 35.1. The standard InChI is InChI=1S/C36H39O10P/c1-5-25-23(15-19-31(39)27-11-7-9-13-29(27)37)17-21-33(35(25)43-3)45-47(41,42)46-34-22-18-24(26(6-2)36(34)44-4)16-20-32(40)28-12-8-10-14-30(28)38/h7-14,17-18,21-22,37-38H,5-6,15-16,19-20H2,1-4H3,(H,41,42). The lowest BCUT2D eigenvalue weighted by molar-refractivity contribution is 0.0971. The van der Waals surface area contributed by atoms with Crippen molar-refractivity contribution < 1.29 is 47.8 Å². The van der Waals surface area contributed by atoms with Crippen LogP contribution in [0.1, 0.15) is 69.7 Å². The fourth-order valence-corrected chi connectivity index (χ4v) is 6.40. The molecule has 0 aliphatic heterocycles. The van der Waals surface area contributed by atoms with E-state index in [0.29, 0.717) is 36.8 Å². The van der Waals surface area contributed by atoms with Crippen LogP contribution in [0.25, 0.3) is 0 Å². The van der Waals surface area contributed by atoms with E-state index in [9.17, 15) is 29.3 Å².